The number of nitrogens with zero attached hydrogens (tertiary/aromatic N) is 3. The maximum absolute atomic E-state index is 12.4. The summed E-state index contributed by atoms with van der Waals surface area (Å²) in [6.07, 6.45) is 1.60. The fraction of sp³-hybridized carbons (Fsp3) is 0.312. The van der Waals surface area contributed by atoms with Crippen LogP contribution in [0.4, 0.5) is 11.4 Å². The largest absolute Gasteiger partial charge is 0.480 e. The first-order chi connectivity index (χ1) is 12.2. The van der Waals surface area contributed by atoms with E-state index in [1.165, 1.54) is 30.5 Å². The van der Waals surface area contributed by atoms with Gasteiger partial charge in [0.25, 0.3) is 11.2 Å². The Morgan fingerprint density at radius 2 is 2.00 bits per heavy atom. The van der Waals surface area contributed by atoms with Crippen LogP contribution >= 0.6 is 11.6 Å². The molecule has 2 rings (SSSR count). The molecule has 10 heteroatoms. The van der Waals surface area contributed by atoms with Gasteiger partial charge in [-0.15, -0.1) is 0 Å². The number of nitrogens with one attached hydrogen (secondary N) is 1. The molecule has 1 heterocycles. The van der Waals surface area contributed by atoms with Crippen molar-refractivity contribution >= 4 is 28.9 Å². The molecule has 9 nitrogen and oxygen atoms in total. The second kappa shape index (κ2) is 7.96. The number of rotatable bonds is 7. The minimum Gasteiger partial charge on any atom is -0.480 e. The summed E-state index contributed by atoms with van der Waals surface area (Å²) in [7, 11) is 0. The third-order valence-corrected chi connectivity index (χ3v) is 3.92. The molecule has 0 spiro atoms. The van der Waals surface area contributed by atoms with E-state index >= 15 is 0 Å². The van der Waals surface area contributed by atoms with E-state index in [0.717, 1.165) is 4.68 Å². The van der Waals surface area contributed by atoms with Gasteiger partial charge in [0.05, 0.1) is 22.5 Å². The van der Waals surface area contributed by atoms with Crippen molar-refractivity contribution in [2.75, 3.05) is 5.32 Å². The first-order valence-electron chi connectivity index (χ1n) is 7.72. The number of anilines is 1. The Kier molecular flexibility index (Phi) is 5.93. The summed E-state index contributed by atoms with van der Waals surface area (Å²) in [4.78, 5) is 33.9. The standard InChI is InChI=1S/C16H17ClN4O5/c1-9(2)7-12(16(23)24)19-13-8-18-20(15(22)14(13)17)10-3-5-11(6-4-10)21(25)26/h3-6,8-9,12,19H,7H2,1-2H3,(H,23,24)/t12-/m0/s1. The van der Waals surface area contributed by atoms with Gasteiger partial charge in [-0.25, -0.2) is 4.79 Å². The molecule has 0 saturated heterocycles. The normalized spacial score (nSPS) is 12.0. The van der Waals surface area contributed by atoms with Gasteiger partial charge in [-0.2, -0.15) is 9.78 Å². The summed E-state index contributed by atoms with van der Waals surface area (Å²) in [6, 6.07) is 4.31. The molecule has 0 amide bonds. The van der Waals surface area contributed by atoms with E-state index in [2.05, 4.69) is 10.4 Å². The number of aliphatic carboxylic acids is 1. The van der Waals surface area contributed by atoms with Crippen molar-refractivity contribution in [2.45, 2.75) is 26.3 Å². The Balaban J connectivity index is 2.34. The zero-order valence-corrected chi connectivity index (χ0v) is 14.8. The summed E-state index contributed by atoms with van der Waals surface area (Å²) in [5.74, 6) is -0.940. The van der Waals surface area contributed by atoms with Crippen LogP contribution in [0.3, 0.4) is 0 Å². The average Bonchev–Trinajstić information content (AvgIpc) is 2.58. The molecular weight excluding hydrogens is 364 g/mol. The number of hydrogen-bond acceptors (Lipinski definition) is 6. The summed E-state index contributed by atoms with van der Waals surface area (Å²) in [5, 5.41) is 26.5. The number of carboxylic acid groups (broad SMARTS) is 1. The number of aromatic nitrogens is 2. The van der Waals surface area contributed by atoms with E-state index in [-0.39, 0.29) is 22.3 Å². The Bertz CT molecular complexity index is 879. The Labute approximate surface area is 153 Å². The highest BCUT2D eigenvalue weighted by molar-refractivity contribution is 6.33. The Hall–Kier alpha value is -2.94. The van der Waals surface area contributed by atoms with Gasteiger partial charge in [0.1, 0.15) is 11.1 Å². The molecule has 1 aromatic heterocycles. The number of benzene rings is 1. The van der Waals surface area contributed by atoms with Gasteiger partial charge >= 0.3 is 5.97 Å². The van der Waals surface area contributed by atoms with Crippen molar-refractivity contribution in [3.8, 4) is 5.69 Å². The molecule has 2 aromatic rings. The second-order valence-corrected chi connectivity index (χ2v) is 6.41. The quantitative estimate of drug-likeness (QED) is 0.558. The van der Waals surface area contributed by atoms with Crippen molar-refractivity contribution in [2.24, 2.45) is 5.92 Å². The van der Waals surface area contributed by atoms with Crippen LogP contribution in [0.15, 0.2) is 35.3 Å². The van der Waals surface area contributed by atoms with Gasteiger partial charge in [-0.3, -0.25) is 14.9 Å². The van der Waals surface area contributed by atoms with Crippen molar-refractivity contribution in [1.82, 2.24) is 9.78 Å². The molecule has 138 valence electrons. The maximum Gasteiger partial charge on any atom is 0.326 e. The van der Waals surface area contributed by atoms with Gasteiger partial charge in [0.2, 0.25) is 0 Å². The topological polar surface area (TPSA) is 127 Å². The molecule has 0 aliphatic heterocycles. The van der Waals surface area contributed by atoms with E-state index < -0.39 is 22.5 Å². The highest BCUT2D eigenvalue weighted by Crippen LogP contribution is 2.20. The lowest BCUT2D eigenvalue weighted by atomic mass is 10.0. The fourth-order valence-electron chi connectivity index (χ4n) is 2.31. The molecule has 0 aliphatic carbocycles. The summed E-state index contributed by atoms with van der Waals surface area (Å²) >= 11 is 6.08. The Morgan fingerprint density at radius 1 is 1.38 bits per heavy atom. The van der Waals surface area contributed by atoms with Crippen molar-refractivity contribution in [3.63, 3.8) is 0 Å². The minimum absolute atomic E-state index is 0.114. The average molecular weight is 381 g/mol. The van der Waals surface area contributed by atoms with E-state index in [1.54, 1.807) is 0 Å². The predicted octanol–water partition coefficient (Wildman–Crippen LogP) is 2.71. The van der Waals surface area contributed by atoms with Crippen molar-refractivity contribution < 1.29 is 14.8 Å². The van der Waals surface area contributed by atoms with Crippen LogP contribution in [0.25, 0.3) is 5.69 Å². The van der Waals surface area contributed by atoms with Crippen LogP contribution in [0.1, 0.15) is 20.3 Å². The molecule has 2 N–H and O–H groups in total. The van der Waals surface area contributed by atoms with Crippen LogP contribution in [-0.2, 0) is 4.79 Å². The molecule has 0 bridgehead atoms. The predicted molar refractivity (Wildman–Crippen MR) is 96.0 cm³/mol. The van der Waals surface area contributed by atoms with Crippen molar-refractivity contribution in [1.29, 1.82) is 0 Å². The van der Waals surface area contributed by atoms with Crippen LogP contribution in [0.2, 0.25) is 5.02 Å². The molecule has 1 aromatic carbocycles. The molecule has 0 unspecified atom stereocenters. The van der Waals surface area contributed by atoms with E-state index in [4.69, 9.17) is 11.6 Å². The first kappa shape index (κ1) is 19.4. The lowest BCUT2D eigenvalue weighted by Gasteiger charge is -2.18. The molecule has 0 fully saturated rings. The molecule has 0 radical (unpaired) electrons. The molecular formula is C16H17ClN4O5. The lowest BCUT2D eigenvalue weighted by molar-refractivity contribution is -0.384. The van der Waals surface area contributed by atoms with Crippen LogP contribution in [0, 0.1) is 16.0 Å². The van der Waals surface area contributed by atoms with Gasteiger partial charge in [-0.1, -0.05) is 25.4 Å². The number of carboxylic acids is 1. The lowest BCUT2D eigenvalue weighted by Crippen LogP contribution is -2.32. The molecule has 26 heavy (non-hydrogen) atoms. The summed E-state index contributed by atoms with van der Waals surface area (Å²) < 4.78 is 0.982. The van der Waals surface area contributed by atoms with Crippen LogP contribution < -0.4 is 10.9 Å². The zero-order chi connectivity index (χ0) is 19.4. The second-order valence-electron chi connectivity index (χ2n) is 6.03. The Morgan fingerprint density at radius 3 is 2.50 bits per heavy atom. The fourth-order valence-corrected chi connectivity index (χ4v) is 2.50. The number of halogens is 1. The van der Waals surface area contributed by atoms with Crippen molar-refractivity contribution in [3.05, 3.63) is 56.0 Å². The number of non-ortho nitro benzene ring substituents is 1. The van der Waals surface area contributed by atoms with Crippen LogP contribution in [0.5, 0.6) is 0 Å². The third kappa shape index (κ3) is 4.37. The third-order valence-electron chi connectivity index (χ3n) is 3.56. The number of hydrogen-bond donors (Lipinski definition) is 2. The van der Waals surface area contributed by atoms with Gasteiger partial charge < -0.3 is 10.4 Å². The molecule has 0 aliphatic rings. The smallest absolute Gasteiger partial charge is 0.326 e. The monoisotopic (exact) mass is 380 g/mol. The van der Waals surface area contributed by atoms with Gasteiger partial charge in [0.15, 0.2) is 0 Å². The van der Waals surface area contributed by atoms with E-state index in [9.17, 15) is 24.8 Å². The van der Waals surface area contributed by atoms with Gasteiger partial charge in [-0.05, 0) is 24.5 Å². The highest BCUT2D eigenvalue weighted by Gasteiger charge is 2.21. The molecule has 1 atom stereocenters. The summed E-state index contributed by atoms with van der Waals surface area (Å²) in [5.41, 5.74) is -0.378. The minimum atomic E-state index is -1.06. The number of nitro benzene ring substituents is 1. The SMILES string of the molecule is CC(C)C[C@H](Nc1cnn(-c2ccc([N+](=O)[O-])cc2)c(=O)c1Cl)C(=O)O. The zero-order valence-electron chi connectivity index (χ0n) is 14.0. The molecule has 0 saturated carbocycles. The van der Waals surface area contributed by atoms with E-state index in [0.29, 0.717) is 12.1 Å². The van der Waals surface area contributed by atoms with E-state index in [1.807, 2.05) is 13.8 Å². The number of carbonyl (C=O) groups is 1. The summed E-state index contributed by atoms with van der Waals surface area (Å²) in [6.45, 7) is 3.76. The highest BCUT2D eigenvalue weighted by atomic mass is 35.5. The van der Waals surface area contributed by atoms with Crippen LogP contribution in [-0.4, -0.2) is 31.8 Å². The van der Waals surface area contributed by atoms with Gasteiger partial charge in [0, 0.05) is 12.1 Å². The maximum atomic E-state index is 12.4. The number of nitro groups is 1. The first-order valence-corrected chi connectivity index (χ1v) is 8.10.